The number of hydrogen-bond acceptors (Lipinski definition) is 3. The van der Waals surface area contributed by atoms with Gasteiger partial charge in [-0.3, -0.25) is 4.79 Å². The summed E-state index contributed by atoms with van der Waals surface area (Å²) in [6.45, 7) is 3.24. The van der Waals surface area contributed by atoms with Crippen LogP contribution in [0, 0.1) is 0 Å². The van der Waals surface area contributed by atoms with Crippen molar-refractivity contribution in [1.82, 2.24) is 4.90 Å². The maximum absolute atomic E-state index is 11.3. The summed E-state index contributed by atoms with van der Waals surface area (Å²) in [5, 5.41) is -0.401. The predicted molar refractivity (Wildman–Crippen MR) is 56.8 cm³/mol. The summed E-state index contributed by atoms with van der Waals surface area (Å²) >= 11 is 0. The molecule has 1 amide bonds. The van der Waals surface area contributed by atoms with Crippen LogP contribution in [0.3, 0.4) is 0 Å². The van der Waals surface area contributed by atoms with E-state index < -0.39 is 15.1 Å². The second-order valence-electron chi connectivity index (χ2n) is 3.51. The van der Waals surface area contributed by atoms with Crippen molar-refractivity contribution in [2.24, 2.45) is 0 Å². The van der Waals surface area contributed by atoms with Crippen LogP contribution < -0.4 is 0 Å². The zero-order valence-corrected chi connectivity index (χ0v) is 9.84. The second-order valence-corrected chi connectivity index (χ2v) is 6.12. The van der Waals surface area contributed by atoms with Gasteiger partial charge in [0.15, 0.2) is 9.84 Å². The highest BCUT2D eigenvalue weighted by Gasteiger charge is 2.13. The number of carbonyl (C=O) groups is 1. The summed E-state index contributed by atoms with van der Waals surface area (Å²) in [6.07, 6.45) is 2.66. The Labute approximate surface area is 85.5 Å². The molecule has 0 radical (unpaired) electrons. The van der Waals surface area contributed by atoms with Crippen LogP contribution in [0.4, 0.5) is 0 Å². The lowest BCUT2D eigenvalue weighted by Crippen LogP contribution is -2.20. The summed E-state index contributed by atoms with van der Waals surface area (Å²) in [4.78, 5) is 12.4. The van der Waals surface area contributed by atoms with E-state index in [9.17, 15) is 13.2 Å². The highest BCUT2D eigenvalue weighted by atomic mass is 32.2. The number of hydrogen-bond donors (Lipinski definition) is 0. The fraction of sp³-hybridized carbons (Fsp3) is 0.667. The second kappa shape index (κ2) is 5.14. The molecule has 82 valence electrons. The van der Waals surface area contributed by atoms with Gasteiger partial charge in [0.1, 0.15) is 0 Å². The van der Waals surface area contributed by atoms with E-state index in [0.717, 1.165) is 0 Å². The zero-order valence-electron chi connectivity index (χ0n) is 9.02. The highest BCUT2D eigenvalue weighted by molar-refractivity contribution is 7.92. The molecule has 0 aromatic rings. The molecule has 0 aromatic heterocycles. The molecule has 0 bridgehead atoms. The van der Waals surface area contributed by atoms with Crippen molar-refractivity contribution in [3.05, 3.63) is 12.2 Å². The molecule has 0 saturated carbocycles. The van der Waals surface area contributed by atoms with Gasteiger partial charge in [-0.15, -0.1) is 0 Å². The molecular weight excluding hydrogens is 202 g/mol. The van der Waals surface area contributed by atoms with Gasteiger partial charge in [0.05, 0.1) is 11.0 Å². The maximum Gasteiger partial charge on any atom is 0.245 e. The molecule has 4 nitrogen and oxygen atoms in total. The summed E-state index contributed by atoms with van der Waals surface area (Å²) in [5.41, 5.74) is 0. The molecule has 0 spiro atoms. The molecule has 0 atom stereocenters. The van der Waals surface area contributed by atoms with Gasteiger partial charge in [-0.1, -0.05) is 6.08 Å². The van der Waals surface area contributed by atoms with Crippen molar-refractivity contribution in [2.75, 3.05) is 19.8 Å². The van der Waals surface area contributed by atoms with Crippen LogP contribution in [0.1, 0.15) is 13.8 Å². The van der Waals surface area contributed by atoms with Crippen molar-refractivity contribution < 1.29 is 13.2 Å². The Bertz CT molecular complexity index is 315. The number of carbonyl (C=O) groups excluding carboxylic acids is 1. The van der Waals surface area contributed by atoms with Crippen molar-refractivity contribution in [3.63, 3.8) is 0 Å². The topological polar surface area (TPSA) is 54.5 Å². The van der Waals surface area contributed by atoms with Crippen LogP contribution in [-0.2, 0) is 14.6 Å². The first-order valence-electron chi connectivity index (χ1n) is 4.36. The third kappa shape index (κ3) is 4.41. The van der Waals surface area contributed by atoms with E-state index in [0.29, 0.717) is 0 Å². The lowest BCUT2D eigenvalue weighted by molar-refractivity contribution is -0.123. The van der Waals surface area contributed by atoms with Gasteiger partial charge in [0.25, 0.3) is 0 Å². The fourth-order valence-corrected chi connectivity index (χ4v) is 1.37. The molecule has 0 heterocycles. The van der Waals surface area contributed by atoms with Crippen molar-refractivity contribution in [1.29, 1.82) is 0 Å². The molecule has 0 rings (SSSR count). The molecule has 0 fully saturated rings. The Balaban J connectivity index is 4.27. The average Bonchev–Trinajstić information content (AvgIpc) is 2.03. The third-order valence-electron chi connectivity index (χ3n) is 1.75. The third-order valence-corrected chi connectivity index (χ3v) is 3.84. The monoisotopic (exact) mass is 219 g/mol. The van der Waals surface area contributed by atoms with Gasteiger partial charge in [0.2, 0.25) is 5.91 Å². The van der Waals surface area contributed by atoms with Crippen LogP contribution in [0.15, 0.2) is 12.2 Å². The van der Waals surface area contributed by atoms with Crippen molar-refractivity contribution in [3.8, 4) is 0 Å². The molecule has 0 aliphatic carbocycles. The summed E-state index contributed by atoms with van der Waals surface area (Å²) in [7, 11) is 0.152. The Hall–Kier alpha value is -0.840. The average molecular weight is 219 g/mol. The van der Waals surface area contributed by atoms with Crippen LogP contribution in [0.5, 0.6) is 0 Å². The van der Waals surface area contributed by atoms with Gasteiger partial charge in [-0.2, -0.15) is 0 Å². The summed E-state index contributed by atoms with van der Waals surface area (Å²) in [6, 6.07) is 0. The summed E-state index contributed by atoms with van der Waals surface area (Å²) < 4.78 is 22.6. The van der Waals surface area contributed by atoms with Crippen LogP contribution >= 0.6 is 0 Å². The van der Waals surface area contributed by atoms with E-state index in [1.54, 1.807) is 27.9 Å². The van der Waals surface area contributed by atoms with Crippen LogP contribution in [-0.4, -0.2) is 44.3 Å². The number of likely N-dealkylation sites (N-methyl/N-ethyl adjacent to an activating group) is 1. The highest BCUT2D eigenvalue weighted by Crippen LogP contribution is 2.00. The van der Waals surface area contributed by atoms with Gasteiger partial charge in [-0.05, 0) is 13.8 Å². The zero-order chi connectivity index (χ0) is 11.4. The minimum Gasteiger partial charge on any atom is -0.345 e. The fourth-order valence-electron chi connectivity index (χ4n) is 0.625. The number of nitrogens with zero attached hydrogens (tertiary/aromatic N) is 1. The summed E-state index contributed by atoms with van der Waals surface area (Å²) in [5.74, 6) is -0.284. The SMILES string of the molecule is CC(C)S(=O)(=O)C/C=C/C(=O)N(C)C. The number of amides is 1. The lowest BCUT2D eigenvalue weighted by Gasteiger charge is -2.06. The van der Waals surface area contributed by atoms with Crippen LogP contribution in [0.25, 0.3) is 0 Å². The standard InChI is InChI=1S/C9H17NO3S/c1-8(2)14(12,13)7-5-6-9(11)10(3)4/h5-6,8H,7H2,1-4H3/b6-5+. The van der Waals surface area contributed by atoms with E-state index in [2.05, 4.69) is 0 Å². The Morgan fingerprint density at radius 1 is 1.36 bits per heavy atom. The van der Waals surface area contributed by atoms with Crippen LogP contribution in [0.2, 0.25) is 0 Å². The smallest absolute Gasteiger partial charge is 0.245 e. The van der Waals surface area contributed by atoms with Gasteiger partial charge in [-0.25, -0.2) is 8.42 Å². The first-order valence-corrected chi connectivity index (χ1v) is 6.08. The van der Waals surface area contributed by atoms with E-state index in [1.165, 1.54) is 17.1 Å². The normalized spacial score (nSPS) is 12.4. The molecule has 0 saturated heterocycles. The Kier molecular flexibility index (Phi) is 4.83. The maximum atomic E-state index is 11.3. The first-order chi connectivity index (χ1) is 6.27. The molecule has 0 aromatic carbocycles. The van der Waals surface area contributed by atoms with Gasteiger partial charge >= 0.3 is 0 Å². The molecule has 5 heteroatoms. The minimum absolute atomic E-state index is 0.0791. The quantitative estimate of drug-likeness (QED) is 0.645. The molecule has 0 aliphatic rings. The Morgan fingerprint density at radius 2 is 1.86 bits per heavy atom. The van der Waals surface area contributed by atoms with E-state index >= 15 is 0 Å². The largest absolute Gasteiger partial charge is 0.345 e. The molecule has 0 unspecified atom stereocenters. The predicted octanol–water partition coefficient (Wildman–Crippen LogP) is 0.454. The first kappa shape index (κ1) is 13.2. The van der Waals surface area contributed by atoms with Crippen molar-refractivity contribution >= 4 is 15.7 Å². The van der Waals surface area contributed by atoms with E-state index in [-0.39, 0.29) is 11.7 Å². The van der Waals surface area contributed by atoms with Gasteiger partial charge < -0.3 is 4.90 Å². The minimum atomic E-state index is -3.08. The Morgan fingerprint density at radius 3 is 2.21 bits per heavy atom. The van der Waals surface area contributed by atoms with Crippen molar-refractivity contribution in [2.45, 2.75) is 19.1 Å². The number of sulfone groups is 1. The van der Waals surface area contributed by atoms with E-state index in [4.69, 9.17) is 0 Å². The molecule has 0 N–H and O–H groups in total. The van der Waals surface area contributed by atoms with E-state index in [1.807, 2.05) is 0 Å². The molecule has 0 aliphatic heterocycles. The number of rotatable bonds is 4. The molecule has 14 heavy (non-hydrogen) atoms. The van der Waals surface area contributed by atoms with Gasteiger partial charge in [0, 0.05) is 20.2 Å². The molecular formula is C9H17NO3S. The lowest BCUT2D eigenvalue weighted by atomic mass is 10.5.